The molecule has 1 saturated carbocycles. The van der Waals surface area contributed by atoms with Gasteiger partial charge in [-0.1, -0.05) is 12.8 Å². The second kappa shape index (κ2) is 3.42. The predicted octanol–water partition coefficient (Wildman–Crippen LogP) is 1.63. The maximum absolute atomic E-state index is 12.9. The van der Waals surface area contributed by atoms with Crippen LogP contribution in [-0.2, 0) is 0 Å². The van der Waals surface area contributed by atoms with Crippen molar-refractivity contribution in [2.24, 2.45) is 0 Å². The highest BCUT2D eigenvalue weighted by molar-refractivity contribution is 4.91. The third-order valence-corrected chi connectivity index (χ3v) is 3.30. The van der Waals surface area contributed by atoms with Gasteiger partial charge < -0.3 is 5.11 Å². The first kappa shape index (κ1) is 10.3. The number of hydrogen-bond acceptors (Lipinski definition) is 2. The molecule has 0 amide bonds. The molecular formula is C10H17F2NO. The van der Waals surface area contributed by atoms with Crippen molar-refractivity contribution in [2.75, 3.05) is 19.6 Å². The van der Waals surface area contributed by atoms with Crippen molar-refractivity contribution in [3.8, 4) is 0 Å². The number of aliphatic hydroxyl groups is 1. The van der Waals surface area contributed by atoms with E-state index in [0.29, 0.717) is 13.1 Å². The Bertz CT molecular complexity index is 214. The number of halogens is 2. The SMILES string of the molecule is OC1(CN2CCC(F)(F)C2)CCCC1. The molecule has 0 atom stereocenters. The minimum Gasteiger partial charge on any atom is -0.389 e. The average Bonchev–Trinajstić information content (AvgIpc) is 2.59. The van der Waals surface area contributed by atoms with Crippen molar-refractivity contribution in [1.29, 1.82) is 0 Å². The van der Waals surface area contributed by atoms with Crippen LogP contribution < -0.4 is 0 Å². The van der Waals surface area contributed by atoms with Crippen molar-refractivity contribution in [2.45, 2.75) is 43.6 Å². The van der Waals surface area contributed by atoms with Gasteiger partial charge in [-0.15, -0.1) is 0 Å². The largest absolute Gasteiger partial charge is 0.389 e. The summed E-state index contributed by atoms with van der Waals surface area (Å²) in [6.45, 7) is 0.688. The zero-order chi connectivity index (χ0) is 10.2. The maximum Gasteiger partial charge on any atom is 0.261 e. The van der Waals surface area contributed by atoms with Crippen molar-refractivity contribution < 1.29 is 13.9 Å². The molecule has 1 aliphatic heterocycles. The van der Waals surface area contributed by atoms with Crippen molar-refractivity contribution in [3.05, 3.63) is 0 Å². The molecule has 82 valence electrons. The third-order valence-electron chi connectivity index (χ3n) is 3.30. The van der Waals surface area contributed by atoms with E-state index in [1.165, 1.54) is 0 Å². The molecule has 1 N–H and O–H groups in total. The molecule has 0 bridgehead atoms. The first-order valence-electron chi connectivity index (χ1n) is 5.32. The van der Waals surface area contributed by atoms with E-state index in [4.69, 9.17) is 0 Å². The number of likely N-dealkylation sites (tertiary alicyclic amines) is 1. The van der Waals surface area contributed by atoms with Gasteiger partial charge >= 0.3 is 0 Å². The summed E-state index contributed by atoms with van der Waals surface area (Å²) in [4.78, 5) is 1.70. The Kier molecular flexibility index (Phi) is 2.52. The Morgan fingerprint density at radius 3 is 2.29 bits per heavy atom. The van der Waals surface area contributed by atoms with Crippen LogP contribution in [0.1, 0.15) is 32.1 Å². The van der Waals surface area contributed by atoms with Gasteiger partial charge in [0.1, 0.15) is 0 Å². The van der Waals surface area contributed by atoms with E-state index < -0.39 is 11.5 Å². The molecule has 2 fully saturated rings. The molecule has 0 aromatic rings. The molecule has 0 aromatic heterocycles. The van der Waals surface area contributed by atoms with Gasteiger partial charge in [-0.2, -0.15) is 0 Å². The summed E-state index contributed by atoms with van der Waals surface area (Å²) >= 11 is 0. The molecule has 0 unspecified atom stereocenters. The number of hydrogen-bond donors (Lipinski definition) is 1. The van der Waals surface area contributed by atoms with Crippen LogP contribution in [-0.4, -0.2) is 41.2 Å². The van der Waals surface area contributed by atoms with E-state index in [0.717, 1.165) is 25.7 Å². The molecule has 1 aliphatic carbocycles. The van der Waals surface area contributed by atoms with E-state index >= 15 is 0 Å². The quantitative estimate of drug-likeness (QED) is 0.740. The number of nitrogens with zero attached hydrogens (tertiary/aromatic N) is 1. The molecule has 2 nitrogen and oxygen atoms in total. The Labute approximate surface area is 82.9 Å². The minimum atomic E-state index is -2.53. The highest BCUT2D eigenvalue weighted by atomic mass is 19.3. The van der Waals surface area contributed by atoms with Gasteiger partial charge in [0.2, 0.25) is 0 Å². The first-order valence-corrected chi connectivity index (χ1v) is 5.32. The Balaban J connectivity index is 1.86. The van der Waals surface area contributed by atoms with Crippen molar-refractivity contribution in [1.82, 2.24) is 4.90 Å². The van der Waals surface area contributed by atoms with E-state index in [9.17, 15) is 13.9 Å². The lowest BCUT2D eigenvalue weighted by atomic mass is 10.0. The van der Waals surface area contributed by atoms with Gasteiger partial charge in [-0.25, -0.2) is 8.78 Å². The summed E-state index contributed by atoms with van der Waals surface area (Å²) < 4.78 is 25.7. The predicted molar refractivity (Wildman–Crippen MR) is 49.4 cm³/mol. The Hall–Kier alpha value is -0.220. The van der Waals surface area contributed by atoms with Crippen LogP contribution in [0.2, 0.25) is 0 Å². The Morgan fingerprint density at radius 1 is 1.14 bits per heavy atom. The van der Waals surface area contributed by atoms with Crippen LogP contribution in [0.3, 0.4) is 0 Å². The molecule has 0 aromatic carbocycles. The summed E-state index contributed by atoms with van der Waals surface area (Å²) in [6, 6.07) is 0. The second-order valence-electron chi connectivity index (χ2n) is 4.75. The summed E-state index contributed by atoms with van der Waals surface area (Å²) in [5, 5.41) is 10.0. The monoisotopic (exact) mass is 205 g/mol. The molecule has 1 saturated heterocycles. The topological polar surface area (TPSA) is 23.5 Å². The smallest absolute Gasteiger partial charge is 0.261 e. The number of rotatable bonds is 2. The normalized spacial score (nSPS) is 31.1. The molecule has 0 radical (unpaired) electrons. The lowest BCUT2D eigenvalue weighted by molar-refractivity contribution is -0.0129. The van der Waals surface area contributed by atoms with Crippen LogP contribution in [0, 0.1) is 0 Å². The van der Waals surface area contributed by atoms with Gasteiger partial charge in [0.15, 0.2) is 0 Å². The van der Waals surface area contributed by atoms with Gasteiger partial charge in [0.05, 0.1) is 12.1 Å². The number of β-amino-alcohol motifs (C(OH)–C–C–N with tert-alkyl or cyclic N) is 1. The molecule has 14 heavy (non-hydrogen) atoms. The fraction of sp³-hybridized carbons (Fsp3) is 1.00. The molecule has 2 aliphatic rings. The van der Waals surface area contributed by atoms with E-state index in [1.807, 2.05) is 0 Å². The maximum atomic E-state index is 12.9. The van der Waals surface area contributed by atoms with E-state index in [2.05, 4.69) is 0 Å². The summed E-state index contributed by atoms with van der Waals surface area (Å²) in [7, 11) is 0. The summed E-state index contributed by atoms with van der Waals surface area (Å²) in [5.41, 5.74) is -0.680. The van der Waals surface area contributed by atoms with Gasteiger partial charge in [0, 0.05) is 19.5 Å². The minimum absolute atomic E-state index is 0.0525. The fourth-order valence-electron chi connectivity index (χ4n) is 2.55. The van der Waals surface area contributed by atoms with Crippen LogP contribution in [0.25, 0.3) is 0 Å². The summed E-state index contributed by atoms with van der Waals surface area (Å²) in [5.74, 6) is -2.53. The Morgan fingerprint density at radius 2 is 1.79 bits per heavy atom. The van der Waals surface area contributed by atoms with E-state index in [-0.39, 0.29) is 13.0 Å². The molecule has 1 heterocycles. The van der Waals surface area contributed by atoms with E-state index in [1.54, 1.807) is 4.90 Å². The highest BCUT2D eigenvalue weighted by Gasteiger charge is 2.42. The molecule has 2 rings (SSSR count). The van der Waals surface area contributed by atoms with Crippen LogP contribution in [0.15, 0.2) is 0 Å². The lowest BCUT2D eigenvalue weighted by Crippen LogP contribution is -2.40. The van der Waals surface area contributed by atoms with Gasteiger partial charge in [-0.05, 0) is 12.8 Å². The lowest BCUT2D eigenvalue weighted by Gasteiger charge is -2.28. The third kappa shape index (κ3) is 2.23. The van der Waals surface area contributed by atoms with Gasteiger partial charge in [0.25, 0.3) is 5.92 Å². The zero-order valence-electron chi connectivity index (χ0n) is 8.31. The van der Waals surface area contributed by atoms with Crippen LogP contribution >= 0.6 is 0 Å². The van der Waals surface area contributed by atoms with Gasteiger partial charge in [-0.3, -0.25) is 4.90 Å². The zero-order valence-corrected chi connectivity index (χ0v) is 8.31. The van der Waals surface area contributed by atoms with Crippen LogP contribution in [0.5, 0.6) is 0 Å². The second-order valence-corrected chi connectivity index (χ2v) is 4.75. The van der Waals surface area contributed by atoms with Crippen molar-refractivity contribution >= 4 is 0 Å². The van der Waals surface area contributed by atoms with Crippen LogP contribution in [0.4, 0.5) is 8.78 Å². The highest BCUT2D eigenvalue weighted by Crippen LogP contribution is 2.33. The molecular weight excluding hydrogens is 188 g/mol. The summed E-state index contributed by atoms with van der Waals surface area (Å²) in [6.07, 6.45) is 3.55. The fourth-order valence-corrected chi connectivity index (χ4v) is 2.55. The standard InChI is InChI=1S/C10H17F2NO/c11-10(12)5-6-13(8-10)7-9(14)3-1-2-4-9/h14H,1-8H2. The first-order chi connectivity index (χ1) is 6.49. The average molecular weight is 205 g/mol. The number of alkyl halides is 2. The molecule has 0 spiro atoms. The molecule has 4 heteroatoms. The van der Waals surface area contributed by atoms with Crippen molar-refractivity contribution in [3.63, 3.8) is 0 Å².